The number of ether oxygens (including phenoxy) is 2. The van der Waals surface area contributed by atoms with Crippen LogP contribution in [0.3, 0.4) is 0 Å². The lowest BCUT2D eigenvalue weighted by molar-refractivity contribution is -0.147. The van der Waals surface area contributed by atoms with Gasteiger partial charge >= 0.3 is 11.9 Å². The van der Waals surface area contributed by atoms with Crippen molar-refractivity contribution in [2.75, 3.05) is 13.7 Å². The molecule has 0 unspecified atom stereocenters. The minimum atomic E-state index is -0.807. The number of nitrogens with one attached hydrogen (secondary N) is 1. The van der Waals surface area contributed by atoms with Crippen LogP contribution in [0.4, 0.5) is 0 Å². The Morgan fingerprint density at radius 3 is 2.50 bits per heavy atom. The molecule has 1 aromatic heterocycles. The number of methoxy groups -OCH3 is 1. The van der Waals surface area contributed by atoms with Crippen LogP contribution in [0.1, 0.15) is 36.4 Å². The van der Waals surface area contributed by atoms with Gasteiger partial charge in [-0.25, -0.2) is 9.59 Å². The van der Waals surface area contributed by atoms with Crippen LogP contribution in [-0.2, 0) is 19.1 Å². The molecule has 2 rings (SSSR count). The summed E-state index contributed by atoms with van der Waals surface area (Å²) in [5.74, 6) is -1.71. The monoisotopic (exact) mass is 388 g/mol. The van der Waals surface area contributed by atoms with E-state index in [-0.39, 0.29) is 17.2 Å². The molecule has 0 spiro atoms. The molecule has 0 bridgehead atoms. The van der Waals surface area contributed by atoms with Crippen LogP contribution in [0.25, 0.3) is 11.3 Å². The van der Waals surface area contributed by atoms with E-state index < -0.39 is 30.5 Å². The maximum Gasteiger partial charge on any atom is 0.344 e. The lowest BCUT2D eigenvalue weighted by Gasteiger charge is -2.21. The zero-order valence-electron chi connectivity index (χ0n) is 16.4. The summed E-state index contributed by atoms with van der Waals surface area (Å²) in [5, 5.41) is 6.46. The Balaban J connectivity index is 2.05. The number of esters is 2. The molecule has 8 heteroatoms. The number of rotatable bonds is 8. The first kappa shape index (κ1) is 21.1. The van der Waals surface area contributed by atoms with Crippen LogP contribution in [-0.4, -0.2) is 42.8 Å². The molecule has 1 amide bonds. The molecule has 150 valence electrons. The van der Waals surface area contributed by atoms with Gasteiger partial charge in [0.05, 0.1) is 7.11 Å². The van der Waals surface area contributed by atoms with E-state index in [4.69, 9.17) is 14.0 Å². The van der Waals surface area contributed by atoms with Crippen molar-refractivity contribution >= 4 is 17.8 Å². The van der Waals surface area contributed by atoms with Gasteiger partial charge in [0.1, 0.15) is 23.1 Å². The highest BCUT2D eigenvalue weighted by Crippen LogP contribution is 2.25. The average Bonchev–Trinajstić information content (AvgIpc) is 3.11. The number of amides is 1. The van der Waals surface area contributed by atoms with Crippen molar-refractivity contribution in [3.63, 3.8) is 0 Å². The van der Waals surface area contributed by atoms with Gasteiger partial charge in [-0.15, -0.1) is 0 Å². The highest BCUT2D eigenvalue weighted by molar-refractivity contribution is 5.98. The lowest BCUT2D eigenvalue weighted by Crippen LogP contribution is -2.47. The van der Waals surface area contributed by atoms with Crippen molar-refractivity contribution in [2.24, 2.45) is 5.92 Å². The van der Waals surface area contributed by atoms with E-state index in [1.807, 2.05) is 32.0 Å². The minimum Gasteiger partial charge on any atom is -0.467 e. The number of carbonyl (C=O) groups excluding carboxylic acids is 3. The van der Waals surface area contributed by atoms with Crippen molar-refractivity contribution in [1.82, 2.24) is 10.5 Å². The molecule has 0 fully saturated rings. The third-order valence-electron chi connectivity index (χ3n) is 4.43. The van der Waals surface area contributed by atoms with Gasteiger partial charge in [0.2, 0.25) is 0 Å². The van der Waals surface area contributed by atoms with Crippen LogP contribution in [0.5, 0.6) is 0 Å². The first-order valence-electron chi connectivity index (χ1n) is 8.95. The highest BCUT2D eigenvalue weighted by Gasteiger charge is 2.28. The summed E-state index contributed by atoms with van der Waals surface area (Å²) in [6, 6.07) is 8.22. The molecule has 2 atom stereocenters. The number of aryl methyl sites for hydroxylation is 1. The molecule has 1 heterocycles. The Morgan fingerprint density at radius 2 is 1.89 bits per heavy atom. The van der Waals surface area contributed by atoms with Crippen molar-refractivity contribution in [1.29, 1.82) is 0 Å². The molecule has 1 aromatic carbocycles. The molecular weight excluding hydrogens is 364 g/mol. The van der Waals surface area contributed by atoms with Gasteiger partial charge in [-0.1, -0.05) is 55.8 Å². The van der Waals surface area contributed by atoms with Gasteiger partial charge in [0.15, 0.2) is 6.61 Å². The number of nitrogens with zero attached hydrogens (tertiary/aromatic N) is 1. The predicted octanol–water partition coefficient (Wildman–Crippen LogP) is 2.51. The van der Waals surface area contributed by atoms with Crippen molar-refractivity contribution < 1.29 is 28.4 Å². The highest BCUT2D eigenvalue weighted by atomic mass is 16.5. The number of hydrogen-bond donors (Lipinski definition) is 1. The molecule has 28 heavy (non-hydrogen) atoms. The third kappa shape index (κ3) is 4.97. The standard InChI is InChI=1S/C20H24N2O6/c1-5-12(2)17(20(25)26-4)21-15(23)11-27-19(24)16-13(3)28-22-18(16)14-9-7-6-8-10-14/h6-10,12,17H,5,11H2,1-4H3,(H,21,23)/t12-,17-/m1/s1. The maximum atomic E-state index is 12.5. The number of carbonyl (C=O) groups is 3. The summed E-state index contributed by atoms with van der Waals surface area (Å²) < 4.78 is 15.0. The molecule has 0 aliphatic rings. The van der Waals surface area contributed by atoms with E-state index in [0.717, 1.165) is 0 Å². The van der Waals surface area contributed by atoms with Crippen molar-refractivity contribution in [3.05, 3.63) is 41.7 Å². The zero-order chi connectivity index (χ0) is 20.7. The third-order valence-corrected chi connectivity index (χ3v) is 4.43. The van der Waals surface area contributed by atoms with Gasteiger partial charge in [-0.3, -0.25) is 4.79 Å². The Labute approximate surface area is 163 Å². The van der Waals surface area contributed by atoms with Gasteiger partial charge in [-0.05, 0) is 12.8 Å². The van der Waals surface area contributed by atoms with Crippen LogP contribution in [0, 0.1) is 12.8 Å². The average molecular weight is 388 g/mol. The fraction of sp³-hybridized carbons (Fsp3) is 0.400. The quantitative estimate of drug-likeness (QED) is 0.692. The van der Waals surface area contributed by atoms with E-state index in [2.05, 4.69) is 10.5 Å². The van der Waals surface area contributed by atoms with Crippen molar-refractivity contribution in [3.8, 4) is 11.3 Å². The Morgan fingerprint density at radius 1 is 1.21 bits per heavy atom. The molecule has 2 aromatic rings. The second-order valence-corrected chi connectivity index (χ2v) is 6.36. The SMILES string of the molecule is CC[C@@H](C)[C@@H](NC(=O)COC(=O)c1c(-c2ccccc2)noc1C)C(=O)OC. The van der Waals surface area contributed by atoms with E-state index in [0.29, 0.717) is 17.7 Å². The van der Waals surface area contributed by atoms with Gasteiger partial charge < -0.3 is 19.3 Å². The summed E-state index contributed by atoms with van der Waals surface area (Å²) in [5.41, 5.74) is 1.19. The molecule has 0 saturated carbocycles. The molecular formula is C20H24N2O6. The summed E-state index contributed by atoms with van der Waals surface area (Å²) in [6.45, 7) is 4.76. The molecule has 0 aliphatic carbocycles. The summed E-state index contributed by atoms with van der Waals surface area (Å²) >= 11 is 0. The summed E-state index contributed by atoms with van der Waals surface area (Å²) in [6.07, 6.45) is 0.667. The van der Waals surface area contributed by atoms with E-state index in [9.17, 15) is 14.4 Å². The van der Waals surface area contributed by atoms with Gasteiger partial charge in [0.25, 0.3) is 5.91 Å². The minimum absolute atomic E-state index is 0.128. The number of hydrogen-bond acceptors (Lipinski definition) is 7. The molecule has 0 radical (unpaired) electrons. The smallest absolute Gasteiger partial charge is 0.344 e. The largest absolute Gasteiger partial charge is 0.467 e. The maximum absolute atomic E-state index is 12.5. The van der Waals surface area contributed by atoms with E-state index >= 15 is 0 Å². The molecule has 8 nitrogen and oxygen atoms in total. The molecule has 0 saturated heterocycles. The predicted molar refractivity (Wildman–Crippen MR) is 100 cm³/mol. The van der Waals surface area contributed by atoms with Crippen LogP contribution in [0.15, 0.2) is 34.9 Å². The first-order valence-corrected chi connectivity index (χ1v) is 8.95. The molecule has 0 aliphatic heterocycles. The first-order chi connectivity index (χ1) is 13.4. The van der Waals surface area contributed by atoms with Gasteiger partial charge in [0, 0.05) is 5.56 Å². The fourth-order valence-corrected chi connectivity index (χ4v) is 2.62. The van der Waals surface area contributed by atoms with Crippen molar-refractivity contribution in [2.45, 2.75) is 33.2 Å². The summed E-state index contributed by atoms with van der Waals surface area (Å²) in [4.78, 5) is 36.5. The second-order valence-electron chi connectivity index (χ2n) is 6.36. The second kappa shape index (κ2) is 9.68. The summed E-state index contributed by atoms with van der Waals surface area (Å²) in [7, 11) is 1.25. The van der Waals surface area contributed by atoms with E-state index in [1.54, 1.807) is 19.1 Å². The number of benzene rings is 1. The Hall–Kier alpha value is -3.16. The normalized spacial score (nSPS) is 12.7. The Kier molecular flexibility index (Phi) is 7.31. The van der Waals surface area contributed by atoms with Gasteiger partial charge in [-0.2, -0.15) is 0 Å². The Bertz CT molecular complexity index is 830. The lowest BCUT2D eigenvalue weighted by atomic mass is 9.99. The fourth-order valence-electron chi connectivity index (χ4n) is 2.62. The topological polar surface area (TPSA) is 108 Å². The van der Waals surface area contributed by atoms with E-state index in [1.165, 1.54) is 7.11 Å². The van der Waals surface area contributed by atoms with Crippen LogP contribution >= 0.6 is 0 Å². The van der Waals surface area contributed by atoms with Crippen LogP contribution < -0.4 is 5.32 Å². The number of aromatic nitrogens is 1. The molecule has 1 N–H and O–H groups in total. The van der Waals surface area contributed by atoms with Crippen LogP contribution in [0.2, 0.25) is 0 Å². The zero-order valence-corrected chi connectivity index (χ0v) is 16.4.